The summed E-state index contributed by atoms with van der Waals surface area (Å²) in [6.45, 7) is 0.298. The minimum Gasteiger partial charge on any atom is -0.478 e. The number of carboxylic acids is 1. The maximum absolute atomic E-state index is 12.9. The van der Waals surface area contributed by atoms with Crippen LogP contribution < -0.4 is 5.32 Å². The van der Waals surface area contributed by atoms with E-state index in [1.165, 1.54) is 18.2 Å². The van der Waals surface area contributed by atoms with Crippen molar-refractivity contribution in [2.45, 2.75) is 18.9 Å². The lowest BCUT2D eigenvalue weighted by molar-refractivity contribution is -0.122. The Morgan fingerprint density at radius 2 is 1.91 bits per heavy atom. The van der Waals surface area contributed by atoms with Crippen molar-refractivity contribution in [3.63, 3.8) is 0 Å². The summed E-state index contributed by atoms with van der Waals surface area (Å²) >= 11 is 0. The minimum atomic E-state index is -0.989. The van der Waals surface area contributed by atoms with E-state index in [1.807, 2.05) is 0 Å². The van der Waals surface area contributed by atoms with Crippen molar-refractivity contribution in [3.05, 3.63) is 71.0 Å². The highest BCUT2D eigenvalue weighted by molar-refractivity contribution is 5.87. The van der Waals surface area contributed by atoms with Gasteiger partial charge in [-0.25, -0.2) is 9.18 Å². The number of aromatic carboxylic acids is 1. The van der Waals surface area contributed by atoms with Gasteiger partial charge in [0.2, 0.25) is 5.91 Å². The van der Waals surface area contributed by atoms with E-state index in [1.54, 1.807) is 30.3 Å². The van der Waals surface area contributed by atoms with Gasteiger partial charge in [-0.15, -0.1) is 0 Å². The second-order valence-electron chi connectivity index (χ2n) is 5.72. The lowest BCUT2D eigenvalue weighted by Gasteiger charge is -2.06. The molecule has 0 heterocycles. The second-order valence-corrected chi connectivity index (χ2v) is 5.72. The first kappa shape index (κ1) is 15.2. The Balaban J connectivity index is 1.56. The summed E-state index contributed by atoms with van der Waals surface area (Å²) in [5.74, 6) is -1.28. The first-order valence-corrected chi connectivity index (χ1v) is 7.40. The van der Waals surface area contributed by atoms with Gasteiger partial charge in [0, 0.05) is 12.5 Å². The third kappa shape index (κ3) is 3.56. The lowest BCUT2D eigenvalue weighted by atomic mass is 10.1. The maximum atomic E-state index is 12.9. The molecule has 118 valence electrons. The van der Waals surface area contributed by atoms with Gasteiger partial charge in [0.1, 0.15) is 5.82 Å². The van der Waals surface area contributed by atoms with E-state index < -0.39 is 5.97 Å². The Morgan fingerprint density at radius 3 is 2.61 bits per heavy atom. The average Bonchev–Trinajstić information content (AvgIpc) is 3.34. The summed E-state index contributed by atoms with van der Waals surface area (Å²) < 4.78 is 12.9. The molecule has 1 aliphatic rings. The van der Waals surface area contributed by atoms with Gasteiger partial charge in [-0.2, -0.15) is 0 Å². The molecule has 1 saturated carbocycles. The first-order chi connectivity index (χ1) is 11.0. The highest BCUT2D eigenvalue weighted by atomic mass is 19.1. The summed E-state index contributed by atoms with van der Waals surface area (Å²) in [6.07, 6.45) is 0.757. The predicted molar refractivity (Wildman–Crippen MR) is 82.5 cm³/mol. The zero-order valence-corrected chi connectivity index (χ0v) is 12.3. The molecule has 5 heteroatoms. The molecule has 2 aromatic rings. The van der Waals surface area contributed by atoms with Crippen LogP contribution in [-0.2, 0) is 11.3 Å². The Morgan fingerprint density at radius 1 is 1.17 bits per heavy atom. The van der Waals surface area contributed by atoms with Crippen LogP contribution in [0.4, 0.5) is 4.39 Å². The monoisotopic (exact) mass is 313 g/mol. The molecule has 0 aliphatic heterocycles. The summed E-state index contributed by atoms with van der Waals surface area (Å²) in [5, 5.41) is 11.8. The van der Waals surface area contributed by atoms with Gasteiger partial charge in [-0.1, -0.05) is 24.3 Å². The van der Waals surface area contributed by atoms with E-state index in [4.69, 9.17) is 5.11 Å². The summed E-state index contributed by atoms with van der Waals surface area (Å²) in [4.78, 5) is 23.1. The SMILES string of the molecule is O=C(O)c1cccc(CNC(=O)[C@H]2C[C@H]2c2ccc(F)cc2)c1. The van der Waals surface area contributed by atoms with Crippen molar-refractivity contribution in [1.29, 1.82) is 0 Å². The molecule has 1 aliphatic carbocycles. The summed E-state index contributed by atoms with van der Waals surface area (Å²) in [7, 11) is 0. The molecule has 1 fully saturated rings. The van der Waals surface area contributed by atoms with E-state index in [-0.39, 0.29) is 29.1 Å². The van der Waals surface area contributed by atoms with Crippen LogP contribution in [-0.4, -0.2) is 17.0 Å². The number of rotatable bonds is 5. The number of halogens is 1. The average molecular weight is 313 g/mol. The van der Waals surface area contributed by atoms with Gasteiger partial charge in [0.15, 0.2) is 0 Å². The van der Waals surface area contributed by atoms with Crippen LogP contribution >= 0.6 is 0 Å². The summed E-state index contributed by atoms with van der Waals surface area (Å²) in [6, 6.07) is 12.7. The van der Waals surface area contributed by atoms with E-state index in [0.717, 1.165) is 17.5 Å². The molecule has 4 nitrogen and oxygen atoms in total. The van der Waals surface area contributed by atoms with Crippen molar-refractivity contribution in [1.82, 2.24) is 5.32 Å². The molecule has 0 radical (unpaired) electrons. The van der Waals surface area contributed by atoms with Crippen molar-refractivity contribution in [2.24, 2.45) is 5.92 Å². The molecule has 2 aromatic carbocycles. The van der Waals surface area contributed by atoms with E-state index in [0.29, 0.717) is 6.54 Å². The van der Waals surface area contributed by atoms with Crippen molar-refractivity contribution >= 4 is 11.9 Å². The number of hydrogen-bond donors (Lipinski definition) is 2. The van der Waals surface area contributed by atoms with Crippen molar-refractivity contribution in [3.8, 4) is 0 Å². The molecular formula is C18H16FNO3. The molecule has 0 saturated heterocycles. The predicted octanol–water partition coefficient (Wildman–Crippen LogP) is 2.94. The first-order valence-electron chi connectivity index (χ1n) is 7.40. The van der Waals surface area contributed by atoms with Gasteiger partial charge in [-0.3, -0.25) is 4.79 Å². The van der Waals surface area contributed by atoms with E-state index in [9.17, 15) is 14.0 Å². The fourth-order valence-electron chi connectivity index (χ4n) is 2.70. The second kappa shape index (κ2) is 6.20. The molecule has 1 amide bonds. The van der Waals surface area contributed by atoms with Gasteiger partial charge in [0.25, 0.3) is 0 Å². The van der Waals surface area contributed by atoms with Crippen LogP contribution in [0.15, 0.2) is 48.5 Å². The third-order valence-electron chi connectivity index (χ3n) is 4.07. The number of amides is 1. The maximum Gasteiger partial charge on any atom is 0.335 e. The number of carboxylic acid groups (broad SMARTS) is 1. The Hall–Kier alpha value is -2.69. The number of hydrogen-bond acceptors (Lipinski definition) is 2. The Bertz CT molecular complexity index is 742. The summed E-state index contributed by atoms with van der Waals surface area (Å²) in [5.41, 5.74) is 1.92. The number of benzene rings is 2. The number of carbonyl (C=O) groups is 2. The highest BCUT2D eigenvalue weighted by Crippen LogP contribution is 2.47. The Kier molecular flexibility index (Phi) is 4.10. The molecule has 0 aromatic heterocycles. The molecule has 2 N–H and O–H groups in total. The third-order valence-corrected chi connectivity index (χ3v) is 4.07. The molecule has 0 bridgehead atoms. The molecular weight excluding hydrogens is 297 g/mol. The van der Waals surface area contributed by atoms with Crippen LogP contribution in [0.2, 0.25) is 0 Å². The van der Waals surface area contributed by atoms with Crippen LogP contribution in [0.25, 0.3) is 0 Å². The van der Waals surface area contributed by atoms with E-state index >= 15 is 0 Å². The van der Waals surface area contributed by atoms with Crippen LogP contribution in [0, 0.1) is 11.7 Å². The normalized spacial score (nSPS) is 19.2. The molecule has 2 atom stereocenters. The quantitative estimate of drug-likeness (QED) is 0.892. The molecule has 0 unspecified atom stereocenters. The Labute approximate surface area is 133 Å². The van der Waals surface area contributed by atoms with Crippen molar-refractivity contribution in [2.75, 3.05) is 0 Å². The van der Waals surface area contributed by atoms with Crippen LogP contribution in [0.1, 0.15) is 33.8 Å². The van der Waals surface area contributed by atoms with E-state index in [2.05, 4.69) is 5.32 Å². The van der Waals surface area contributed by atoms with Gasteiger partial charge >= 0.3 is 5.97 Å². The minimum absolute atomic E-state index is 0.0555. The standard InChI is InChI=1S/C18H16FNO3/c19-14-6-4-12(5-7-14)15-9-16(15)17(21)20-10-11-2-1-3-13(8-11)18(22)23/h1-8,15-16H,9-10H2,(H,20,21)(H,22,23)/t15-,16-/m0/s1. The number of carbonyl (C=O) groups excluding carboxylic acids is 1. The fourth-order valence-corrected chi connectivity index (χ4v) is 2.70. The molecule has 3 rings (SSSR count). The highest BCUT2D eigenvalue weighted by Gasteiger charge is 2.43. The number of nitrogens with one attached hydrogen (secondary N) is 1. The smallest absolute Gasteiger partial charge is 0.335 e. The molecule has 23 heavy (non-hydrogen) atoms. The lowest BCUT2D eigenvalue weighted by Crippen LogP contribution is -2.25. The largest absolute Gasteiger partial charge is 0.478 e. The van der Waals surface area contributed by atoms with Crippen LogP contribution in [0.3, 0.4) is 0 Å². The zero-order valence-electron chi connectivity index (χ0n) is 12.3. The zero-order chi connectivity index (χ0) is 16.4. The van der Waals surface area contributed by atoms with Gasteiger partial charge < -0.3 is 10.4 Å². The molecule has 0 spiro atoms. The van der Waals surface area contributed by atoms with Gasteiger partial charge in [0.05, 0.1) is 5.56 Å². The van der Waals surface area contributed by atoms with Crippen LogP contribution in [0.5, 0.6) is 0 Å². The van der Waals surface area contributed by atoms with Crippen molar-refractivity contribution < 1.29 is 19.1 Å². The fraction of sp³-hybridized carbons (Fsp3) is 0.222. The topological polar surface area (TPSA) is 66.4 Å². The van der Waals surface area contributed by atoms with Gasteiger partial charge in [-0.05, 0) is 47.7 Å².